The number of anilines is 2. The van der Waals surface area contributed by atoms with E-state index in [-0.39, 0.29) is 17.2 Å². The van der Waals surface area contributed by atoms with Crippen LogP contribution in [0.2, 0.25) is 0 Å². The van der Waals surface area contributed by atoms with Crippen molar-refractivity contribution < 1.29 is 13.2 Å². The van der Waals surface area contributed by atoms with Gasteiger partial charge in [-0.05, 0) is 30.3 Å². The zero-order valence-electron chi connectivity index (χ0n) is 12.9. The van der Waals surface area contributed by atoms with E-state index in [9.17, 15) is 8.78 Å². The van der Waals surface area contributed by atoms with Crippen LogP contribution >= 0.6 is 0 Å². The first-order chi connectivity index (χ1) is 12.2. The summed E-state index contributed by atoms with van der Waals surface area (Å²) < 4.78 is 35.0. The fourth-order valence-electron chi connectivity index (χ4n) is 2.48. The van der Waals surface area contributed by atoms with Crippen LogP contribution < -0.4 is 5.32 Å². The second-order valence-electron chi connectivity index (χ2n) is 5.30. The van der Waals surface area contributed by atoms with Gasteiger partial charge in [0, 0.05) is 11.3 Å². The lowest BCUT2D eigenvalue weighted by Crippen LogP contribution is -1.99. The van der Waals surface area contributed by atoms with Crippen molar-refractivity contribution in [3.63, 3.8) is 0 Å². The van der Waals surface area contributed by atoms with Crippen LogP contribution in [0, 0.1) is 11.6 Å². The fourth-order valence-corrected chi connectivity index (χ4v) is 2.48. The summed E-state index contributed by atoms with van der Waals surface area (Å²) in [6.45, 7) is 0. The molecule has 5 nitrogen and oxygen atoms in total. The Bertz CT molecular complexity index is 974. The molecule has 2 aromatic heterocycles. The molecule has 0 unspecified atom stereocenters. The first-order valence-electron chi connectivity index (χ1n) is 7.46. The molecule has 2 aromatic carbocycles. The summed E-state index contributed by atoms with van der Waals surface area (Å²) in [5.74, 6) is -1.17. The van der Waals surface area contributed by atoms with Crippen LogP contribution in [0.3, 0.4) is 0 Å². The topological polar surface area (TPSA) is 55.9 Å². The van der Waals surface area contributed by atoms with Gasteiger partial charge in [0.25, 0.3) is 0 Å². The molecule has 124 valence electrons. The molecule has 0 amide bonds. The largest absolute Gasteiger partial charge is 0.472 e. The molecule has 0 aliphatic heterocycles. The maximum atomic E-state index is 14.3. The zero-order valence-corrected chi connectivity index (χ0v) is 12.9. The van der Waals surface area contributed by atoms with Crippen molar-refractivity contribution in [2.45, 2.75) is 0 Å². The van der Waals surface area contributed by atoms with Crippen molar-refractivity contribution >= 4 is 11.6 Å². The molecule has 0 radical (unpaired) electrons. The Morgan fingerprint density at radius 3 is 2.44 bits per heavy atom. The smallest absolute Gasteiger partial charge is 0.246 e. The van der Waals surface area contributed by atoms with E-state index in [0.717, 1.165) is 5.69 Å². The van der Waals surface area contributed by atoms with Crippen LogP contribution in [0.5, 0.6) is 0 Å². The van der Waals surface area contributed by atoms with Crippen LogP contribution in [0.1, 0.15) is 0 Å². The van der Waals surface area contributed by atoms with E-state index in [1.54, 1.807) is 4.68 Å². The monoisotopic (exact) mass is 338 g/mol. The number of para-hydroxylation sites is 1. The van der Waals surface area contributed by atoms with E-state index in [2.05, 4.69) is 15.4 Å². The minimum Gasteiger partial charge on any atom is -0.472 e. The number of rotatable bonds is 4. The first kappa shape index (κ1) is 15.1. The van der Waals surface area contributed by atoms with Gasteiger partial charge in [0.15, 0.2) is 0 Å². The van der Waals surface area contributed by atoms with Gasteiger partial charge in [0.1, 0.15) is 18.0 Å². The highest BCUT2D eigenvalue weighted by Crippen LogP contribution is 2.29. The molecule has 0 fully saturated rings. The Labute approximate surface area is 141 Å². The van der Waals surface area contributed by atoms with Gasteiger partial charge in [-0.3, -0.25) is 0 Å². The minimum atomic E-state index is -0.702. The van der Waals surface area contributed by atoms with Crippen LogP contribution in [0.15, 0.2) is 71.8 Å². The molecule has 0 aliphatic carbocycles. The van der Waals surface area contributed by atoms with Crippen molar-refractivity contribution in [1.82, 2.24) is 14.8 Å². The van der Waals surface area contributed by atoms with Crippen molar-refractivity contribution in [3.05, 3.63) is 79.0 Å². The summed E-state index contributed by atoms with van der Waals surface area (Å²) in [4.78, 5) is 4.10. The number of aromatic nitrogens is 3. The number of hydrogen-bond donors (Lipinski definition) is 1. The zero-order chi connectivity index (χ0) is 17.2. The minimum absolute atomic E-state index is 0.137. The van der Waals surface area contributed by atoms with Gasteiger partial charge in [0.05, 0.1) is 23.8 Å². The lowest BCUT2D eigenvalue weighted by atomic mass is 10.1. The Morgan fingerprint density at radius 1 is 1.00 bits per heavy atom. The van der Waals surface area contributed by atoms with Crippen LogP contribution in [-0.2, 0) is 0 Å². The predicted octanol–water partition coefficient (Wildman–Crippen LogP) is 4.55. The third kappa shape index (κ3) is 2.99. The number of benzene rings is 2. The van der Waals surface area contributed by atoms with Crippen molar-refractivity contribution in [1.29, 1.82) is 0 Å². The molecular formula is C18H12F2N4O. The third-order valence-electron chi connectivity index (χ3n) is 3.62. The van der Waals surface area contributed by atoms with E-state index in [4.69, 9.17) is 4.42 Å². The van der Waals surface area contributed by atoms with Crippen LogP contribution in [-0.4, -0.2) is 14.8 Å². The molecule has 0 bridgehead atoms. The van der Waals surface area contributed by atoms with Crippen molar-refractivity contribution in [2.75, 3.05) is 5.32 Å². The van der Waals surface area contributed by atoms with Gasteiger partial charge in [-0.15, -0.1) is 5.10 Å². The highest BCUT2D eigenvalue weighted by atomic mass is 19.1. The first-order valence-corrected chi connectivity index (χ1v) is 7.46. The Kier molecular flexibility index (Phi) is 3.74. The summed E-state index contributed by atoms with van der Waals surface area (Å²) in [5, 5.41) is 7.04. The second-order valence-corrected chi connectivity index (χ2v) is 5.30. The molecule has 25 heavy (non-hydrogen) atoms. The Morgan fingerprint density at radius 2 is 1.76 bits per heavy atom. The summed E-state index contributed by atoms with van der Waals surface area (Å²) in [6, 6.07) is 13.3. The van der Waals surface area contributed by atoms with Crippen molar-refractivity contribution in [2.24, 2.45) is 0 Å². The molecule has 0 atom stereocenters. The number of hydrogen-bond acceptors (Lipinski definition) is 4. The third-order valence-corrected chi connectivity index (χ3v) is 3.62. The summed E-state index contributed by atoms with van der Waals surface area (Å²) >= 11 is 0. The molecule has 0 saturated carbocycles. The molecule has 4 rings (SSSR count). The molecule has 0 saturated heterocycles. The van der Waals surface area contributed by atoms with Gasteiger partial charge in [0.2, 0.25) is 5.95 Å². The predicted molar refractivity (Wildman–Crippen MR) is 88.7 cm³/mol. The number of halogens is 2. The Balaban J connectivity index is 1.61. The maximum absolute atomic E-state index is 14.3. The highest BCUT2D eigenvalue weighted by molar-refractivity contribution is 5.68. The lowest BCUT2D eigenvalue weighted by molar-refractivity contribution is 0.565. The molecule has 4 aromatic rings. The van der Waals surface area contributed by atoms with E-state index in [0.29, 0.717) is 5.56 Å². The van der Waals surface area contributed by atoms with Gasteiger partial charge in [-0.2, -0.15) is 4.98 Å². The summed E-state index contributed by atoms with van der Waals surface area (Å²) in [7, 11) is 0. The number of nitrogens with one attached hydrogen (secondary N) is 1. The SMILES string of the molecule is Fc1cc(Nc2ncn(-c3ccccc3)n2)cc(F)c1-c1ccoc1. The average Bonchev–Trinajstić information content (AvgIpc) is 3.27. The summed E-state index contributed by atoms with van der Waals surface area (Å²) in [6.07, 6.45) is 4.17. The van der Waals surface area contributed by atoms with Crippen LogP contribution in [0.4, 0.5) is 20.4 Å². The Hall–Kier alpha value is -3.48. The highest BCUT2D eigenvalue weighted by Gasteiger charge is 2.15. The standard InChI is InChI=1S/C18H12F2N4O/c19-15-8-13(9-16(20)17(15)12-6-7-25-10-12)22-18-21-11-24(23-18)14-4-2-1-3-5-14/h1-11H,(H,22,23). The number of nitrogens with zero attached hydrogens (tertiary/aromatic N) is 3. The van der Waals surface area contributed by atoms with Gasteiger partial charge >= 0.3 is 0 Å². The van der Waals surface area contributed by atoms with Crippen LogP contribution in [0.25, 0.3) is 16.8 Å². The van der Waals surface area contributed by atoms with Gasteiger partial charge < -0.3 is 9.73 Å². The normalized spacial score (nSPS) is 10.8. The van der Waals surface area contributed by atoms with Gasteiger partial charge in [-0.1, -0.05) is 18.2 Å². The molecule has 2 heterocycles. The lowest BCUT2D eigenvalue weighted by Gasteiger charge is -2.07. The quantitative estimate of drug-likeness (QED) is 0.593. The maximum Gasteiger partial charge on any atom is 0.246 e. The van der Waals surface area contributed by atoms with E-state index >= 15 is 0 Å². The van der Waals surface area contributed by atoms with Gasteiger partial charge in [-0.25, -0.2) is 13.5 Å². The number of furan rings is 1. The fraction of sp³-hybridized carbons (Fsp3) is 0. The molecular weight excluding hydrogens is 326 g/mol. The van der Waals surface area contributed by atoms with E-state index in [1.807, 2.05) is 30.3 Å². The second kappa shape index (κ2) is 6.20. The molecule has 0 aliphatic rings. The van der Waals surface area contributed by atoms with E-state index < -0.39 is 11.6 Å². The molecule has 0 spiro atoms. The van der Waals surface area contributed by atoms with Crippen molar-refractivity contribution in [3.8, 4) is 16.8 Å². The van der Waals surface area contributed by atoms with E-state index in [1.165, 1.54) is 37.1 Å². The molecule has 7 heteroatoms. The molecule has 1 N–H and O–H groups in total. The average molecular weight is 338 g/mol. The summed E-state index contributed by atoms with van der Waals surface area (Å²) in [5.41, 5.74) is 1.25.